The highest BCUT2D eigenvalue weighted by molar-refractivity contribution is 8.00. The van der Waals surface area contributed by atoms with Crippen LogP contribution in [-0.2, 0) is 6.42 Å². The molecule has 2 atom stereocenters. The van der Waals surface area contributed by atoms with Crippen LogP contribution in [-0.4, -0.2) is 27.9 Å². The van der Waals surface area contributed by atoms with Gasteiger partial charge in [0.15, 0.2) is 0 Å². The van der Waals surface area contributed by atoms with E-state index in [-0.39, 0.29) is 23.1 Å². The van der Waals surface area contributed by atoms with Gasteiger partial charge in [-0.25, -0.2) is 0 Å². The molecule has 0 spiro atoms. The lowest BCUT2D eigenvalue weighted by molar-refractivity contribution is -0.0328. The van der Waals surface area contributed by atoms with Crippen LogP contribution < -0.4 is 0 Å². The van der Waals surface area contributed by atoms with Crippen molar-refractivity contribution in [1.29, 1.82) is 0 Å². The van der Waals surface area contributed by atoms with Crippen molar-refractivity contribution in [2.24, 2.45) is 0 Å². The van der Waals surface area contributed by atoms with E-state index in [1.807, 2.05) is 6.92 Å². The van der Waals surface area contributed by atoms with Gasteiger partial charge in [-0.1, -0.05) is 19.1 Å². The van der Waals surface area contributed by atoms with E-state index >= 15 is 0 Å². The highest BCUT2D eigenvalue weighted by Crippen LogP contribution is 2.36. The van der Waals surface area contributed by atoms with Crippen LogP contribution in [0.25, 0.3) is 0 Å². The number of benzene rings is 1. The molecule has 0 fully saturated rings. The average Bonchev–Trinajstić information content (AvgIpc) is 2.29. The van der Waals surface area contributed by atoms with Crippen molar-refractivity contribution in [2.45, 2.75) is 48.8 Å². The van der Waals surface area contributed by atoms with E-state index in [4.69, 9.17) is 0 Å². The average molecular weight is 294 g/mol. The standard InChI is InChI=1S/C13H17F3O2S/c1-2-10(17)8-11(18)7-9-3-5-12(6-4-9)19-13(14,15)16/h3-6,10-11,17-18H,2,7-8H2,1H3. The third kappa shape index (κ3) is 6.84. The molecule has 0 aliphatic rings. The Labute approximate surface area is 114 Å². The Bertz CT molecular complexity index is 378. The van der Waals surface area contributed by atoms with Gasteiger partial charge >= 0.3 is 5.51 Å². The molecule has 0 saturated heterocycles. The highest BCUT2D eigenvalue weighted by Gasteiger charge is 2.29. The predicted molar refractivity (Wildman–Crippen MR) is 69.0 cm³/mol. The number of hydrogen-bond acceptors (Lipinski definition) is 3. The fraction of sp³-hybridized carbons (Fsp3) is 0.538. The maximum absolute atomic E-state index is 12.1. The largest absolute Gasteiger partial charge is 0.446 e. The molecule has 2 N–H and O–H groups in total. The Morgan fingerprint density at radius 2 is 1.68 bits per heavy atom. The summed E-state index contributed by atoms with van der Waals surface area (Å²) in [5.41, 5.74) is -3.53. The molecule has 2 nitrogen and oxygen atoms in total. The first kappa shape index (κ1) is 16.3. The third-order valence-corrected chi connectivity index (χ3v) is 3.38. The Morgan fingerprint density at radius 3 is 2.16 bits per heavy atom. The molecule has 0 aliphatic heterocycles. The van der Waals surface area contributed by atoms with Gasteiger partial charge in [-0.2, -0.15) is 13.2 Å². The van der Waals surface area contributed by atoms with E-state index in [0.29, 0.717) is 12.8 Å². The van der Waals surface area contributed by atoms with Crippen molar-refractivity contribution in [2.75, 3.05) is 0 Å². The molecule has 0 radical (unpaired) electrons. The molecule has 0 amide bonds. The number of hydrogen-bond donors (Lipinski definition) is 2. The van der Waals surface area contributed by atoms with Gasteiger partial charge in [0.25, 0.3) is 0 Å². The first-order valence-corrected chi connectivity index (χ1v) is 6.82. The number of alkyl halides is 3. The zero-order chi connectivity index (χ0) is 14.5. The van der Waals surface area contributed by atoms with Crippen molar-refractivity contribution in [3.8, 4) is 0 Å². The maximum atomic E-state index is 12.1. The van der Waals surface area contributed by atoms with Crippen molar-refractivity contribution in [3.05, 3.63) is 29.8 Å². The summed E-state index contributed by atoms with van der Waals surface area (Å²) >= 11 is -0.160. The fourth-order valence-electron chi connectivity index (χ4n) is 1.66. The van der Waals surface area contributed by atoms with Crippen LogP contribution in [0.1, 0.15) is 25.3 Å². The summed E-state index contributed by atoms with van der Waals surface area (Å²) < 4.78 is 36.4. The van der Waals surface area contributed by atoms with Crippen LogP contribution >= 0.6 is 11.8 Å². The Kier molecular flexibility index (Phi) is 6.16. The van der Waals surface area contributed by atoms with Gasteiger partial charge < -0.3 is 10.2 Å². The van der Waals surface area contributed by atoms with Crippen molar-refractivity contribution in [3.63, 3.8) is 0 Å². The van der Waals surface area contributed by atoms with Gasteiger partial charge in [0.1, 0.15) is 0 Å². The molecule has 19 heavy (non-hydrogen) atoms. The van der Waals surface area contributed by atoms with Crippen LogP contribution in [0.4, 0.5) is 13.2 Å². The van der Waals surface area contributed by atoms with Crippen LogP contribution in [0.3, 0.4) is 0 Å². The van der Waals surface area contributed by atoms with Crippen LogP contribution in [0.5, 0.6) is 0 Å². The van der Waals surface area contributed by atoms with E-state index in [0.717, 1.165) is 5.56 Å². The Balaban J connectivity index is 2.52. The van der Waals surface area contributed by atoms with E-state index < -0.39 is 17.7 Å². The molecule has 108 valence electrons. The van der Waals surface area contributed by atoms with Crippen LogP contribution in [0, 0.1) is 0 Å². The molecule has 0 aliphatic carbocycles. The summed E-state index contributed by atoms with van der Waals surface area (Å²) in [5, 5.41) is 19.1. The van der Waals surface area contributed by atoms with E-state index in [2.05, 4.69) is 0 Å². The molecular weight excluding hydrogens is 277 g/mol. The first-order valence-electron chi connectivity index (χ1n) is 6.01. The van der Waals surface area contributed by atoms with E-state index in [9.17, 15) is 23.4 Å². The van der Waals surface area contributed by atoms with Gasteiger partial charge in [-0.05, 0) is 48.7 Å². The number of halogens is 3. The maximum Gasteiger partial charge on any atom is 0.446 e. The third-order valence-electron chi connectivity index (χ3n) is 2.64. The predicted octanol–water partition coefficient (Wildman–Crippen LogP) is 3.36. The Morgan fingerprint density at radius 1 is 1.11 bits per heavy atom. The van der Waals surface area contributed by atoms with Crippen LogP contribution in [0.2, 0.25) is 0 Å². The lowest BCUT2D eigenvalue weighted by atomic mass is 10.0. The zero-order valence-electron chi connectivity index (χ0n) is 10.5. The van der Waals surface area contributed by atoms with Gasteiger partial charge in [0.05, 0.1) is 12.2 Å². The second-order valence-electron chi connectivity index (χ2n) is 4.35. The second kappa shape index (κ2) is 7.17. The molecule has 1 aromatic carbocycles. The molecule has 2 unspecified atom stereocenters. The van der Waals surface area contributed by atoms with Crippen molar-refractivity contribution < 1.29 is 23.4 Å². The normalized spacial score (nSPS) is 15.3. The topological polar surface area (TPSA) is 40.5 Å². The highest BCUT2D eigenvalue weighted by atomic mass is 32.2. The summed E-state index contributed by atoms with van der Waals surface area (Å²) in [4.78, 5) is 0.124. The summed E-state index contributed by atoms with van der Waals surface area (Å²) in [5.74, 6) is 0. The fourth-order valence-corrected chi connectivity index (χ4v) is 2.20. The molecule has 0 saturated carbocycles. The quantitative estimate of drug-likeness (QED) is 0.790. The minimum absolute atomic E-state index is 0.124. The molecule has 1 aromatic rings. The lowest BCUT2D eigenvalue weighted by Gasteiger charge is -2.14. The summed E-state index contributed by atoms with van der Waals surface area (Å²) in [7, 11) is 0. The number of aliphatic hydroxyl groups excluding tert-OH is 2. The molecular formula is C13H17F3O2S. The SMILES string of the molecule is CCC(O)CC(O)Cc1ccc(SC(F)(F)F)cc1. The van der Waals surface area contributed by atoms with Gasteiger partial charge in [0.2, 0.25) is 0 Å². The van der Waals surface area contributed by atoms with Crippen molar-refractivity contribution >= 4 is 11.8 Å². The molecule has 6 heteroatoms. The summed E-state index contributed by atoms with van der Waals surface area (Å²) in [6, 6.07) is 5.90. The lowest BCUT2D eigenvalue weighted by Crippen LogP contribution is -2.19. The van der Waals surface area contributed by atoms with Gasteiger partial charge in [0, 0.05) is 4.90 Å². The van der Waals surface area contributed by atoms with Crippen molar-refractivity contribution in [1.82, 2.24) is 0 Å². The number of thioether (sulfide) groups is 1. The van der Waals surface area contributed by atoms with E-state index in [1.165, 1.54) is 12.1 Å². The summed E-state index contributed by atoms with van der Waals surface area (Å²) in [6.45, 7) is 1.82. The van der Waals surface area contributed by atoms with E-state index in [1.54, 1.807) is 12.1 Å². The Hall–Kier alpha value is -0.720. The molecule has 0 bridgehead atoms. The molecule has 0 heterocycles. The van der Waals surface area contributed by atoms with Gasteiger partial charge in [-0.3, -0.25) is 0 Å². The number of rotatable bonds is 6. The van der Waals surface area contributed by atoms with Crippen LogP contribution in [0.15, 0.2) is 29.2 Å². The minimum Gasteiger partial charge on any atom is -0.393 e. The molecule has 1 rings (SSSR count). The number of aliphatic hydroxyl groups is 2. The smallest absolute Gasteiger partial charge is 0.393 e. The monoisotopic (exact) mass is 294 g/mol. The zero-order valence-corrected chi connectivity index (χ0v) is 11.3. The van der Waals surface area contributed by atoms with Gasteiger partial charge in [-0.15, -0.1) is 0 Å². The molecule has 0 aromatic heterocycles. The summed E-state index contributed by atoms with van der Waals surface area (Å²) in [6.07, 6.45) is -0.0620. The minimum atomic E-state index is -4.29. The first-order chi connectivity index (χ1) is 8.80. The second-order valence-corrected chi connectivity index (χ2v) is 5.49.